The van der Waals surface area contributed by atoms with Crippen LogP contribution in [0.2, 0.25) is 0 Å². The molecule has 0 radical (unpaired) electrons. The Bertz CT molecular complexity index is 907. The predicted molar refractivity (Wildman–Crippen MR) is 103 cm³/mol. The van der Waals surface area contributed by atoms with Gasteiger partial charge in [-0.3, -0.25) is 9.59 Å². The summed E-state index contributed by atoms with van der Waals surface area (Å²) in [5, 5.41) is 0. The quantitative estimate of drug-likeness (QED) is 0.780. The van der Waals surface area contributed by atoms with Crippen molar-refractivity contribution in [3.05, 3.63) is 59.2 Å². The largest absolute Gasteiger partial charge is 0.465 e. The number of carbonyl (C=O) groups is 3. The molecule has 2 aromatic carbocycles. The van der Waals surface area contributed by atoms with Crippen LogP contribution < -0.4 is 9.80 Å². The average molecular weight is 366 g/mol. The highest BCUT2D eigenvalue weighted by Gasteiger charge is 2.29. The van der Waals surface area contributed by atoms with Gasteiger partial charge in [-0.2, -0.15) is 0 Å². The topological polar surface area (TPSA) is 66.9 Å². The number of rotatable bonds is 4. The Balaban J connectivity index is 1.98. The van der Waals surface area contributed by atoms with Gasteiger partial charge in [-0.15, -0.1) is 0 Å². The molecule has 0 saturated heterocycles. The fourth-order valence-corrected chi connectivity index (χ4v) is 3.30. The van der Waals surface area contributed by atoms with E-state index in [-0.39, 0.29) is 11.8 Å². The third-order valence-corrected chi connectivity index (χ3v) is 4.82. The SMILES string of the molecule is CCC(=O)N(C)c1ccccc1C(=O)N1CCc2ccc(C(=O)OC)cc21. The summed E-state index contributed by atoms with van der Waals surface area (Å²) >= 11 is 0. The van der Waals surface area contributed by atoms with Crippen LogP contribution in [0, 0.1) is 0 Å². The maximum atomic E-state index is 13.3. The summed E-state index contributed by atoms with van der Waals surface area (Å²) in [5.74, 6) is -0.696. The monoisotopic (exact) mass is 366 g/mol. The van der Waals surface area contributed by atoms with Gasteiger partial charge in [0.25, 0.3) is 5.91 Å². The molecule has 140 valence electrons. The molecule has 0 saturated carbocycles. The molecule has 1 aliphatic rings. The molecule has 6 heteroatoms. The zero-order valence-electron chi connectivity index (χ0n) is 15.7. The Kier molecular flexibility index (Phi) is 5.26. The fraction of sp³-hybridized carbons (Fsp3) is 0.286. The summed E-state index contributed by atoms with van der Waals surface area (Å²) in [6.07, 6.45) is 1.07. The van der Waals surface area contributed by atoms with E-state index in [1.807, 2.05) is 6.07 Å². The van der Waals surface area contributed by atoms with Gasteiger partial charge in [0.05, 0.1) is 23.9 Å². The predicted octanol–water partition coefficient (Wildman–Crippen LogP) is 3.05. The molecular formula is C21H22N2O4. The van der Waals surface area contributed by atoms with Crippen LogP contribution >= 0.6 is 0 Å². The summed E-state index contributed by atoms with van der Waals surface area (Å²) in [6.45, 7) is 2.31. The van der Waals surface area contributed by atoms with Crippen LogP contribution in [0.25, 0.3) is 0 Å². The van der Waals surface area contributed by atoms with Crippen molar-refractivity contribution >= 4 is 29.2 Å². The van der Waals surface area contributed by atoms with Crippen molar-refractivity contribution in [2.45, 2.75) is 19.8 Å². The van der Waals surface area contributed by atoms with E-state index in [2.05, 4.69) is 0 Å². The number of amides is 2. The molecule has 1 aliphatic heterocycles. The van der Waals surface area contributed by atoms with Gasteiger partial charge in [0.2, 0.25) is 5.91 Å². The van der Waals surface area contributed by atoms with Crippen LogP contribution in [0.3, 0.4) is 0 Å². The number of para-hydroxylation sites is 1. The second-order valence-electron chi connectivity index (χ2n) is 6.37. The van der Waals surface area contributed by atoms with Gasteiger partial charge < -0.3 is 14.5 Å². The Morgan fingerprint density at radius 2 is 1.89 bits per heavy atom. The summed E-state index contributed by atoms with van der Waals surface area (Å²) in [5.41, 5.74) is 3.15. The van der Waals surface area contributed by atoms with Gasteiger partial charge in [0.1, 0.15) is 0 Å². The van der Waals surface area contributed by atoms with Gasteiger partial charge in [-0.25, -0.2) is 4.79 Å². The molecule has 1 heterocycles. The Hall–Kier alpha value is -3.15. The Labute approximate surface area is 158 Å². The molecule has 0 unspecified atom stereocenters. The maximum absolute atomic E-state index is 13.3. The summed E-state index contributed by atoms with van der Waals surface area (Å²) in [6, 6.07) is 12.3. The van der Waals surface area contributed by atoms with Gasteiger partial charge >= 0.3 is 5.97 Å². The summed E-state index contributed by atoms with van der Waals surface area (Å²) in [4.78, 5) is 40.4. The van der Waals surface area contributed by atoms with Gasteiger partial charge in [0.15, 0.2) is 0 Å². The molecule has 2 aromatic rings. The smallest absolute Gasteiger partial charge is 0.337 e. The number of hydrogen-bond acceptors (Lipinski definition) is 4. The zero-order valence-corrected chi connectivity index (χ0v) is 15.7. The van der Waals surface area contributed by atoms with Crippen LogP contribution in [0.4, 0.5) is 11.4 Å². The third-order valence-electron chi connectivity index (χ3n) is 4.82. The standard InChI is InChI=1S/C21H22N2O4/c1-4-19(24)22(2)17-8-6-5-7-16(17)20(25)23-12-11-14-9-10-15(13-18(14)23)21(26)27-3/h5-10,13H,4,11-12H2,1-3H3. The number of methoxy groups -OCH3 is 1. The van der Waals surface area contributed by atoms with Gasteiger partial charge in [-0.1, -0.05) is 25.1 Å². The second-order valence-corrected chi connectivity index (χ2v) is 6.37. The lowest BCUT2D eigenvalue weighted by atomic mass is 10.1. The van der Waals surface area contributed by atoms with Crippen molar-refractivity contribution in [2.75, 3.05) is 30.5 Å². The highest BCUT2D eigenvalue weighted by Crippen LogP contribution is 2.32. The van der Waals surface area contributed by atoms with E-state index in [4.69, 9.17) is 4.74 Å². The van der Waals surface area contributed by atoms with E-state index < -0.39 is 5.97 Å². The van der Waals surface area contributed by atoms with Crippen LogP contribution in [0.5, 0.6) is 0 Å². The number of fused-ring (bicyclic) bond motifs is 1. The van der Waals surface area contributed by atoms with Crippen LogP contribution in [-0.2, 0) is 16.0 Å². The Morgan fingerprint density at radius 3 is 2.59 bits per heavy atom. The molecule has 0 N–H and O–H groups in total. The van der Waals surface area contributed by atoms with Crippen molar-refractivity contribution in [1.29, 1.82) is 0 Å². The van der Waals surface area contributed by atoms with Crippen LogP contribution in [-0.4, -0.2) is 38.5 Å². The molecule has 0 bridgehead atoms. The number of hydrogen-bond donors (Lipinski definition) is 0. The lowest BCUT2D eigenvalue weighted by Crippen LogP contribution is -2.32. The second kappa shape index (κ2) is 7.61. The number of nitrogens with zero attached hydrogens (tertiary/aromatic N) is 2. The average Bonchev–Trinajstić information content (AvgIpc) is 3.14. The van der Waals surface area contributed by atoms with Gasteiger partial charge in [-0.05, 0) is 36.2 Å². The number of ether oxygens (including phenoxy) is 1. The van der Waals surface area contributed by atoms with Crippen molar-refractivity contribution in [3.8, 4) is 0 Å². The molecule has 0 aliphatic carbocycles. The first-order valence-electron chi connectivity index (χ1n) is 8.86. The number of anilines is 2. The molecule has 2 amide bonds. The minimum atomic E-state index is -0.439. The van der Waals surface area contributed by atoms with Crippen LogP contribution in [0.15, 0.2) is 42.5 Å². The van der Waals surface area contributed by atoms with E-state index >= 15 is 0 Å². The number of carbonyl (C=O) groups excluding carboxylic acids is 3. The van der Waals surface area contributed by atoms with Crippen molar-refractivity contribution < 1.29 is 19.1 Å². The van der Waals surface area contributed by atoms with E-state index in [1.54, 1.807) is 55.3 Å². The highest BCUT2D eigenvalue weighted by molar-refractivity contribution is 6.12. The fourth-order valence-electron chi connectivity index (χ4n) is 3.30. The molecule has 0 spiro atoms. The molecule has 0 fully saturated rings. The maximum Gasteiger partial charge on any atom is 0.337 e. The first kappa shape index (κ1) is 18.6. The number of benzene rings is 2. The van der Waals surface area contributed by atoms with E-state index in [1.165, 1.54) is 12.0 Å². The zero-order chi connectivity index (χ0) is 19.6. The van der Waals surface area contributed by atoms with Crippen LogP contribution in [0.1, 0.15) is 39.6 Å². The minimum Gasteiger partial charge on any atom is -0.465 e. The molecule has 3 rings (SSSR count). The van der Waals surface area contributed by atoms with Crippen molar-refractivity contribution in [1.82, 2.24) is 0 Å². The number of esters is 1. The first-order valence-corrected chi connectivity index (χ1v) is 8.86. The molecule has 6 nitrogen and oxygen atoms in total. The Morgan fingerprint density at radius 1 is 1.15 bits per heavy atom. The van der Waals surface area contributed by atoms with Gasteiger partial charge in [0, 0.05) is 25.7 Å². The normalized spacial score (nSPS) is 12.5. The van der Waals surface area contributed by atoms with E-state index in [0.717, 1.165) is 5.56 Å². The summed E-state index contributed by atoms with van der Waals surface area (Å²) in [7, 11) is 3.00. The molecular weight excluding hydrogens is 344 g/mol. The third kappa shape index (κ3) is 3.43. The van der Waals surface area contributed by atoms with Crippen molar-refractivity contribution in [2.24, 2.45) is 0 Å². The lowest BCUT2D eigenvalue weighted by Gasteiger charge is -2.23. The molecule has 0 aromatic heterocycles. The van der Waals surface area contributed by atoms with Crippen molar-refractivity contribution in [3.63, 3.8) is 0 Å². The first-order chi connectivity index (χ1) is 13.0. The lowest BCUT2D eigenvalue weighted by molar-refractivity contribution is -0.118. The highest BCUT2D eigenvalue weighted by atomic mass is 16.5. The summed E-state index contributed by atoms with van der Waals surface area (Å²) < 4.78 is 4.78. The minimum absolute atomic E-state index is 0.0648. The molecule has 0 atom stereocenters. The van der Waals surface area contributed by atoms with E-state index in [9.17, 15) is 14.4 Å². The van der Waals surface area contributed by atoms with E-state index in [0.29, 0.717) is 41.9 Å². The molecule has 27 heavy (non-hydrogen) atoms.